The number of aryl methyl sites for hydroxylation is 1. The maximum absolute atomic E-state index is 6.17. The molecule has 0 radical (unpaired) electrons. The summed E-state index contributed by atoms with van der Waals surface area (Å²) in [4.78, 5) is 0. The fraction of sp³-hybridized carbons (Fsp3) is 0.625. The predicted octanol–water partition coefficient (Wildman–Crippen LogP) is 5.34. The highest BCUT2D eigenvalue weighted by atomic mass is 35.5. The second kappa shape index (κ2) is 7.52. The van der Waals surface area contributed by atoms with Crippen molar-refractivity contribution in [2.75, 3.05) is 6.54 Å². The van der Waals surface area contributed by atoms with E-state index in [1.54, 1.807) is 0 Å². The Morgan fingerprint density at radius 1 is 1.16 bits per heavy atom. The molecular weight excluding hydrogens is 277 g/mol. The van der Waals surface area contributed by atoms with Crippen LogP contribution in [0.3, 0.4) is 0 Å². The molecule has 0 aliphatic heterocycles. The third-order valence-electron chi connectivity index (χ3n) is 3.21. The Labute approximate surface area is 127 Å². The molecule has 0 spiro atoms. The fourth-order valence-corrected chi connectivity index (χ4v) is 2.38. The first-order valence-electron chi connectivity index (χ1n) is 6.97. The van der Waals surface area contributed by atoms with E-state index >= 15 is 0 Å². The highest BCUT2D eigenvalue weighted by Crippen LogP contribution is 2.23. The number of rotatable bonds is 6. The van der Waals surface area contributed by atoms with Gasteiger partial charge in [0.05, 0.1) is 0 Å². The minimum atomic E-state index is 0.204. The number of benzene rings is 1. The lowest BCUT2D eigenvalue weighted by atomic mass is 9.97. The Hall–Kier alpha value is -0.240. The van der Waals surface area contributed by atoms with E-state index in [9.17, 15) is 0 Å². The summed E-state index contributed by atoms with van der Waals surface area (Å²) in [6.07, 6.45) is 3.33. The van der Waals surface area contributed by atoms with Gasteiger partial charge in [-0.15, -0.1) is 0 Å². The van der Waals surface area contributed by atoms with Crippen molar-refractivity contribution < 1.29 is 0 Å². The summed E-state index contributed by atoms with van der Waals surface area (Å²) in [7, 11) is 0. The van der Waals surface area contributed by atoms with E-state index in [0.717, 1.165) is 35.0 Å². The van der Waals surface area contributed by atoms with Gasteiger partial charge in [0.25, 0.3) is 0 Å². The quantitative estimate of drug-likeness (QED) is 0.748. The second-order valence-electron chi connectivity index (χ2n) is 6.35. The molecule has 1 N–H and O–H groups in total. The van der Waals surface area contributed by atoms with Crippen LogP contribution in [0.15, 0.2) is 18.2 Å². The van der Waals surface area contributed by atoms with Gasteiger partial charge < -0.3 is 5.32 Å². The normalized spacial score (nSPS) is 13.6. The summed E-state index contributed by atoms with van der Waals surface area (Å²) >= 11 is 12.2. The molecule has 1 nitrogen and oxygen atoms in total. The van der Waals surface area contributed by atoms with Gasteiger partial charge in [0, 0.05) is 15.6 Å². The van der Waals surface area contributed by atoms with Gasteiger partial charge in [-0.3, -0.25) is 0 Å². The third kappa shape index (κ3) is 7.20. The van der Waals surface area contributed by atoms with E-state index in [4.69, 9.17) is 23.2 Å². The molecule has 0 amide bonds. The van der Waals surface area contributed by atoms with Crippen molar-refractivity contribution >= 4 is 23.2 Å². The molecule has 1 aromatic carbocycles. The number of nitrogens with one attached hydrogen (secondary N) is 1. The number of hydrogen-bond donors (Lipinski definition) is 1. The number of halogens is 2. The molecule has 1 unspecified atom stereocenters. The Kier molecular flexibility index (Phi) is 6.65. The standard InChI is InChI=1S/C16H25Cl2N/c1-12(9-10-19-16(2,3)4)5-6-13-11-14(17)7-8-15(13)18/h7-8,11-12,19H,5-6,9-10H2,1-4H3. The molecule has 0 bridgehead atoms. The van der Waals surface area contributed by atoms with E-state index in [-0.39, 0.29) is 5.54 Å². The first kappa shape index (κ1) is 16.8. The molecular formula is C16H25Cl2N. The first-order chi connectivity index (χ1) is 8.78. The van der Waals surface area contributed by atoms with Crippen LogP contribution in [0, 0.1) is 5.92 Å². The van der Waals surface area contributed by atoms with Crippen LogP contribution in [0.25, 0.3) is 0 Å². The molecule has 0 fully saturated rings. The summed E-state index contributed by atoms with van der Waals surface area (Å²) in [5.74, 6) is 0.685. The van der Waals surface area contributed by atoms with E-state index in [2.05, 4.69) is 33.0 Å². The Bertz CT molecular complexity index is 396. The zero-order valence-electron chi connectivity index (χ0n) is 12.4. The van der Waals surface area contributed by atoms with Gasteiger partial charge in [0.15, 0.2) is 0 Å². The summed E-state index contributed by atoms with van der Waals surface area (Å²) in [6, 6.07) is 5.69. The molecule has 0 aliphatic carbocycles. The average Bonchev–Trinajstić information content (AvgIpc) is 2.28. The van der Waals surface area contributed by atoms with Gasteiger partial charge in [-0.1, -0.05) is 30.1 Å². The first-order valence-corrected chi connectivity index (χ1v) is 7.72. The smallest absolute Gasteiger partial charge is 0.0439 e. The second-order valence-corrected chi connectivity index (χ2v) is 7.19. The van der Waals surface area contributed by atoms with Crippen molar-refractivity contribution in [3.8, 4) is 0 Å². The average molecular weight is 302 g/mol. The third-order valence-corrected chi connectivity index (χ3v) is 3.81. The largest absolute Gasteiger partial charge is 0.312 e. The summed E-state index contributed by atoms with van der Waals surface area (Å²) in [5.41, 5.74) is 1.36. The van der Waals surface area contributed by atoms with Crippen LogP contribution < -0.4 is 5.32 Å². The van der Waals surface area contributed by atoms with E-state index < -0.39 is 0 Å². The zero-order chi connectivity index (χ0) is 14.5. The highest BCUT2D eigenvalue weighted by Gasteiger charge is 2.10. The molecule has 1 aromatic rings. The van der Waals surface area contributed by atoms with E-state index in [1.807, 2.05) is 18.2 Å². The molecule has 3 heteroatoms. The van der Waals surface area contributed by atoms with Crippen molar-refractivity contribution in [1.82, 2.24) is 5.32 Å². The lowest BCUT2D eigenvalue weighted by molar-refractivity contribution is 0.386. The molecule has 0 saturated carbocycles. The van der Waals surface area contributed by atoms with Crippen molar-refractivity contribution in [3.63, 3.8) is 0 Å². The van der Waals surface area contributed by atoms with E-state index in [1.165, 1.54) is 6.42 Å². The minimum absolute atomic E-state index is 0.204. The molecule has 0 aromatic heterocycles. The fourth-order valence-electron chi connectivity index (χ4n) is 1.97. The lowest BCUT2D eigenvalue weighted by Gasteiger charge is -2.22. The van der Waals surface area contributed by atoms with Crippen molar-refractivity contribution in [3.05, 3.63) is 33.8 Å². The zero-order valence-corrected chi connectivity index (χ0v) is 13.9. The van der Waals surface area contributed by atoms with Gasteiger partial charge in [0.2, 0.25) is 0 Å². The lowest BCUT2D eigenvalue weighted by Crippen LogP contribution is -2.36. The maximum Gasteiger partial charge on any atom is 0.0439 e. The Morgan fingerprint density at radius 2 is 1.84 bits per heavy atom. The van der Waals surface area contributed by atoms with Crippen molar-refractivity contribution in [2.45, 2.75) is 52.5 Å². The van der Waals surface area contributed by atoms with Gasteiger partial charge in [-0.25, -0.2) is 0 Å². The van der Waals surface area contributed by atoms with Crippen LogP contribution >= 0.6 is 23.2 Å². The van der Waals surface area contributed by atoms with Crippen molar-refractivity contribution in [2.24, 2.45) is 5.92 Å². The van der Waals surface area contributed by atoms with Crippen LogP contribution in [0.5, 0.6) is 0 Å². The van der Waals surface area contributed by atoms with Crippen LogP contribution in [0.4, 0.5) is 0 Å². The molecule has 0 aliphatic rings. The molecule has 0 saturated heterocycles. The minimum Gasteiger partial charge on any atom is -0.312 e. The SMILES string of the molecule is CC(CCNC(C)(C)C)CCc1cc(Cl)ccc1Cl. The topological polar surface area (TPSA) is 12.0 Å². The number of hydrogen-bond acceptors (Lipinski definition) is 1. The van der Waals surface area contributed by atoms with E-state index in [0.29, 0.717) is 5.92 Å². The molecule has 1 rings (SSSR count). The summed E-state index contributed by atoms with van der Waals surface area (Å²) < 4.78 is 0. The predicted molar refractivity (Wildman–Crippen MR) is 86.3 cm³/mol. The molecule has 108 valence electrons. The van der Waals surface area contributed by atoms with Crippen molar-refractivity contribution in [1.29, 1.82) is 0 Å². The van der Waals surface area contributed by atoms with Gasteiger partial charge in [0.1, 0.15) is 0 Å². The Balaban J connectivity index is 2.34. The van der Waals surface area contributed by atoms with Crippen LogP contribution in [-0.4, -0.2) is 12.1 Å². The molecule has 19 heavy (non-hydrogen) atoms. The van der Waals surface area contributed by atoms with Gasteiger partial charge in [-0.2, -0.15) is 0 Å². The van der Waals surface area contributed by atoms with Crippen LogP contribution in [-0.2, 0) is 6.42 Å². The highest BCUT2D eigenvalue weighted by molar-refractivity contribution is 6.33. The molecule has 0 heterocycles. The van der Waals surface area contributed by atoms with Crippen LogP contribution in [0.2, 0.25) is 10.0 Å². The Morgan fingerprint density at radius 3 is 2.47 bits per heavy atom. The summed E-state index contributed by atoms with van der Waals surface area (Å²) in [6.45, 7) is 9.95. The van der Waals surface area contributed by atoms with Gasteiger partial charge >= 0.3 is 0 Å². The molecule has 1 atom stereocenters. The maximum atomic E-state index is 6.17. The van der Waals surface area contributed by atoms with Gasteiger partial charge in [-0.05, 0) is 76.3 Å². The summed E-state index contributed by atoms with van der Waals surface area (Å²) in [5, 5.41) is 5.11. The van der Waals surface area contributed by atoms with Crippen LogP contribution in [0.1, 0.15) is 46.1 Å². The monoisotopic (exact) mass is 301 g/mol.